The van der Waals surface area contributed by atoms with Crippen molar-refractivity contribution in [2.45, 2.75) is 39.9 Å². The first-order valence-corrected chi connectivity index (χ1v) is 7.52. The molecule has 1 fully saturated rings. The molecule has 1 aliphatic rings. The van der Waals surface area contributed by atoms with Crippen LogP contribution in [0.3, 0.4) is 0 Å². The SMILES string of the molecule is Cc1cc(F)c(Br)cc1NC(=O)C1C(C)OC(C)C1C. The molecular weight excluding hydrogens is 325 g/mol. The number of hydrogen-bond donors (Lipinski definition) is 1. The standard InChI is InChI=1S/C15H19BrFNO2/c1-7-5-12(17)11(16)6-13(7)18-15(19)14-8(2)9(3)20-10(14)4/h5-6,8-10,14H,1-4H3,(H,18,19). The third-order valence-electron chi connectivity index (χ3n) is 4.07. The second kappa shape index (κ2) is 5.82. The van der Waals surface area contributed by atoms with E-state index in [1.165, 1.54) is 6.07 Å². The molecule has 4 atom stereocenters. The summed E-state index contributed by atoms with van der Waals surface area (Å²) in [4.78, 5) is 12.4. The molecule has 0 saturated carbocycles. The van der Waals surface area contributed by atoms with Crippen LogP contribution in [0.2, 0.25) is 0 Å². The molecule has 110 valence electrons. The summed E-state index contributed by atoms with van der Waals surface area (Å²) in [5.74, 6) is -0.432. The normalized spacial score (nSPS) is 29.5. The number of carbonyl (C=O) groups is 1. The van der Waals surface area contributed by atoms with E-state index in [-0.39, 0.29) is 35.8 Å². The maximum Gasteiger partial charge on any atom is 0.230 e. The number of amides is 1. The molecule has 4 unspecified atom stereocenters. The van der Waals surface area contributed by atoms with Crippen molar-refractivity contribution in [3.8, 4) is 0 Å². The Kier molecular flexibility index (Phi) is 4.49. The van der Waals surface area contributed by atoms with E-state index in [9.17, 15) is 9.18 Å². The Morgan fingerprint density at radius 1 is 1.30 bits per heavy atom. The zero-order valence-electron chi connectivity index (χ0n) is 12.0. The van der Waals surface area contributed by atoms with E-state index < -0.39 is 0 Å². The Bertz CT molecular complexity index is 535. The van der Waals surface area contributed by atoms with Gasteiger partial charge in [0, 0.05) is 5.69 Å². The molecule has 1 heterocycles. The van der Waals surface area contributed by atoms with Gasteiger partial charge in [0.1, 0.15) is 5.82 Å². The first-order chi connectivity index (χ1) is 9.31. The van der Waals surface area contributed by atoms with E-state index in [1.807, 2.05) is 20.8 Å². The van der Waals surface area contributed by atoms with Crippen molar-refractivity contribution in [2.75, 3.05) is 5.32 Å². The van der Waals surface area contributed by atoms with Crippen molar-refractivity contribution in [3.63, 3.8) is 0 Å². The van der Waals surface area contributed by atoms with Crippen LogP contribution in [0.4, 0.5) is 10.1 Å². The lowest BCUT2D eigenvalue weighted by Crippen LogP contribution is -2.32. The molecular formula is C15H19BrFNO2. The second-order valence-electron chi connectivity index (χ2n) is 5.50. The average molecular weight is 344 g/mol. The van der Waals surface area contributed by atoms with Crippen molar-refractivity contribution >= 4 is 27.5 Å². The van der Waals surface area contributed by atoms with Crippen molar-refractivity contribution in [1.82, 2.24) is 0 Å². The van der Waals surface area contributed by atoms with Crippen molar-refractivity contribution in [1.29, 1.82) is 0 Å². The molecule has 0 bridgehead atoms. The molecule has 2 rings (SSSR count). The summed E-state index contributed by atoms with van der Waals surface area (Å²) in [7, 11) is 0. The van der Waals surface area contributed by atoms with Gasteiger partial charge in [-0.25, -0.2) is 4.39 Å². The van der Waals surface area contributed by atoms with Gasteiger partial charge in [-0.2, -0.15) is 0 Å². The number of rotatable bonds is 2. The van der Waals surface area contributed by atoms with Gasteiger partial charge in [0.15, 0.2) is 0 Å². The monoisotopic (exact) mass is 343 g/mol. The van der Waals surface area contributed by atoms with Crippen LogP contribution in [0, 0.1) is 24.6 Å². The van der Waals surface area contributed by atoms with Crippen LogP contribution in [-0.2, 0) is 9.53 Å². The Hall–Kier alpha value is -0.940. The van der Waals surface area contributed by atoms with Crippen LogP contribution in [-0.4, -0.2) is 18.1 Å². The molecule has 1 amide bonds. The fourth-order valence-corrected chi connectivity index (χ4v) is 3.06. The van der Waals surface area contributed by atoms with Crippen LogP contribution < -0.4 is 5.32 Å². The summed E-state index contributed by atoms with van der Waals surface area (Å²) in [5, 5.41) is 2.89. The Morgan fingerprint density at radius 2 is 1.95 bits per heavy atom. The first kappa shape index (κ1) is 15.4. The number of ether oxygens (including phenoxy) is 1. The van der Waals surface area contributed by atoms with E-state index in [0.717, 1.165) is 0 Å². The van der Waals surface area contributed by atoms with E-state index >= 15 is 0 Å². The van der Waals surface area contributed by atoms with Crippen molar-refractivity contribution in [2.24, 2.45) is 11.8 Å². The summed E-state index contributed by atoms with van der Waals surface area (Å²) in [6.45, 7) is 7.68. The van der Waals surface area contributed by atoms with Crippen LogP contribution in [0.25, 0.3) is 0 Å². The molecule has 0 radical (unpaired) electrons. The minimum atomic E-state index is -0.333. The quantitative estimate of drug-likeness (QED) is 0.884. The molecule has 20 heavy (non-hydrogen) atoms. The minimum absolute atomic E-state index is 0.0711. The number of anilines is 1. The molecule has 0 spiro atoms. The molecule has 1 aromatic carbocycles. The summed E-state index contributed by atoms with van der Waals surface area (Å²) < 4.78 is 19.4. The highest BCUT2D eigenvalue weighted by atomic mass is 79.9. The number of halogens is 2. The molecule has 0 aromatic heterocycles. The second-order valence-corrected chi connectivity index (χ2v) is 6.36. The summed E-state index contributed by atoms with van der Waals surface area (Å²) in [5.41, 5.74) is 1.33. The van der Waals surface area contributed by atoms with Gasteiger partial charge in [-0.05, 0) is 60.3 Å². The number of carbonyl (C=O) groups excluding carboxylic acids is 1. The van der Waals surface area contributed by atoms with Gasteiger partial charge >= 0.3 is 0 Å². The van der Waals surface area contributed by atoms with Gasteiger partial charge in [-0.1, -0.05) is 6.92 Å². The first-order valence-electron chi connectivity index (χ1n) is 6.73. The molecule has 1 saturated heterocycles. The molecule has 3 nitrogen and oxygen atoms in total. The van der Waals surface area contributed by atoms with Crippen LogP contribution in [0.1, 0.15) is 26.3 Å². The largest absolute Gasteiger partial charge is 0.374 e. The van der Waals surface area contributed by atoms with Crippen LogP contribution in [0.5, 0.6) is 0 Å². The highest BCUT2D eigenvalue weighted by molar-refractivity contribution is 9.10. The molecule has 1 N–H and O–H groups in total. The molecule has 1 aliphatic heterocycles. The fraction of sp³-hybridized carbons (Fsp3) is 0.533. The smallest absolute Gasteiger partial charge is 0.230 e. The Morgan fingerprint density at radius 3 is 2.50 bits per heavy atom. The van der Waals surface area contributed by atoms with Crippen LogP contribution in [0.15, 0.2) is 16.6 Å². The molecule has 5 heteroatoms. The van der Waals surface area contributed by atoms with E-state index in [0.29, 0.717) is 15.7 Å². The highest BCUT2D eigenvalue weighted by Gasteiger charge is 2.41. The van der Waals surface area contributed by atoms with Crippen LogP contribution >= 0.6 is 15.9 Å². The van der Waals surface area contributed by atoms with E-state index in [1.54, 1.807) is 13.0 Å². The average Bonchev–Trinajstić information content (AvgIpc) is 2.60. The number of hydrogen-bond acceptors (Lipinski definition) is 2. The zero-order valence-corrected chi connectivity index (χ0v) is 13.6. The van der Waals surface area contributed by atoms with Gasteiger partial charge in [0.05, 0.1) is 22.6 Å². The molecule has 1 aromatic rings. The van der Waals surface area contributed by atoms with Gasteiger partial charge < -0.3 is 10.1 Å². The Labute approximate surface area is 127 Å². The topological polar surface area (TPSA) is 38.3 Å². The van der Waals surface area contributed by atoms with Crippen molar-refractivity contribution in [3.05, 3.63) is 28.0 Å². The highest BCUT2D eigenvalue weighted by Crippen LogP contribution is 2.33. The summed E-state index contributed by atoms with van der Waals surface area (Å²) in [6, 6.07) is 3.00. The fourth-order valence-electron chi connectivity index (χ4n) is 2.72. The van der Waals surface area contributed by atoms with Gasteiger partial charge in [0.2, 0.25) is 5.91 Å². The minimum Gasteiger partial charge on any atom is -0.374 e. The zero-order chi connectivity index (χ0) is 15.0. The van der Waals surface area contributed by atoms with E-state index in [4.69, 9.17) is 4.74 Å². The maximum absolute atomic E-state index is 13.4. The molecule has 0 aliphatic carbocycles. The lowest BCUT2D eigenvalue weighted by atomic mass is 9.88. The third kappa shape index (κ3) is 2.88. The maximum atomic E-state index is 13.4. The van der Waals surface area contributed by atoms with E-state index in [2.05, 4.69) is 21.2 Å². The summed E-state index contributed by atoms with van der Waals surface area (Å²) >= 11 is 3.14. The predicted molar refractivity (Wildman–Crippen MR) is 80.1 cm³/mol. The Balaban J connectivity index is 2.18. The summed E-state index contributed by atoms with van der Waals surface area (Å²) in [6.07, 6.45) is -0.0361. The van der Waals surface area contributed by atoms with Gasteiger partial charge in [-0.3, -0.25) is 4.79 Å². The van der Waals surface area contributed by atoms with Crippen molar-refractivity contribution < 1.29 is 13.9 Å². The number of nitrogens with one attached hydrogen (secondary N) is 1. The van der Waals surface area contributed by atoms with Gasteiger partial charge in [0.25, 0.3) is 0 Å². The number of benzene rings is 1. The lowest BCUT2D eigenvalue weighted by molar-refractivity contribution is -0.121. The predicted octanol–water partition coefficient (Wildman–Crippen LogP) is 3.89. The number of aryl methyl sites for hydroxylation is 1. The lowest BCUT2D eigenvalue weighted by Gasteiger charge is -2.19. The third-order valence-corrected chi connectivity index (χ3v) is 4.68. The van der Waals surface area contributed by atoms with Gasteiger partial charge in [-0.15, -0.1) is 0 Å².